The number of aryl methyl sites for hydroxylation is 2. The third-order valence-electron chi connectivity index (χ3n) is 3.91. The predicted molar refractivity (Wildman–Crippen MR) is 97.7 cm³/mol. The first-order chi connectivity index (χ1) is 11.9. The van der Waals surface area contributed by atoms with Crippen LogP contribution in [0.4, 0.5) is 17.2 Å². The van der Waals surface area contributed by atoms with E-state index in [1.54, 1.807) is 0 Å². The van der Waals surface area contributed by atoms with E-state index in [1.807, 2.05) is 55.9 Å². The molecule has 0 saturated heterocycles. The first kappa shape index (κ1) is 16.6. The molecule has 0 bridgehead atoms. The van der Waals surface area contributed by atoms with E-state index < -0.39 is 0 Å². The summed E-state index contributed by atoms with van der Waals surface area (Å²) in [5.41, 5.74) is 5.47. The van der Waals surface area contributed by atoms with Crippen molar-refractivity contribution in [3.05, 3.63) is 48.0 Å². The lowest BCUT2D eigenvalue weighted by Gasteiger charge is -2.08. The van der Waals surface area contributed by atoms with Gasteiger partial charge in [-0.2, -0.15) is 5.10 Å². The van der Waals surface area contributed by atoms with Crippen molar-refractivity contribution in [1.82, 2.24) is 19.7 Å². The zero-order valence-corrected chi connectivity index (χ0v) is 14.7. The smallest absolute Gasteiger partial charge is 0.221 e. The molecule has 2 heterocycles. The largest absolute Gasteiger partial charge is 0.340 e. The van der Waals surface area contributed by atoms with E-state index in [9.17, 15) is 4.79 Å². The van der Waals surface area contributed by atoms with Crippen molar-refractivity contribution in [2.75, 3.05) is 10.6 Å². The molecule has 7 nitrogen and oxygen atoms in total. The highest BCUT2D eigenvalue weighted by atomic mass is 16.1. The van der Waals surface area contributed by atoms with Gasteiger partial charge in [0.05, 0.1) is 11.4 Å². The average Bonchev–Trinajstić information content (AvgIpc) is 2.82. The second kappa shape index (κ2) is 6.72. The number of nitrogens with zero attached hydrogens (tertiary/aromatic N) is 4. The van der Waals surface area contributed by atoms with Crippen molar-refractivity contribution >= 4 is 23.1 Å². The highest BCUT2D eigenvalue weighted by Crippen LogP contribution is 2.26. The fourth-order valence-corrected chi connectivity index (χ4v) is 2.69. The van der Waals surface area contributed by atoms with Crippen LogP contribution in [0, 0.1) is 13.8 Å². The lowest BCUT2D eigenvalue weighted by molar-refractivity contribution is -0.114. The number of anilines is 3. The minimum absolute atomic E-state index is 0.0941. The number of amides is 1. The van der Waals surface area contributed by atoms with Gasteiger partial charge in [-0.3, -0.25) is 9.48 Å². The number of aromatic nitrogens is 4. The van der Waals surface area contributed by atoms with E-state index in [0.29, 0.717) is 5.82 Å². The van der Waals surface area contributed by atoms with Crippen LogP contribution in [-0.4, -0.2) is 25.7 Å². The summed E-state index contributed by atoms with van der Waals surface area (Å²) in [6.45, 7) is 5.47. The summed E-state index contributed by atoms with van der Waals surface area (Å²) in [5.74, 6) is 0.600. The Morgan fingerprint density at radius 3 is 2.36 bits per heavy atom. The number of benzene rings is 1. The van der Waals surface area contributed by atoms with E-state index in [4.69, 9.17) is 0 Å². The minimum Gasteiger partial charge on any atom is -0.340 e. The SMILES string of the molecule is CC(=O)Nc1ccc(Nc2cc(-c3c(C)nn(C)c3C)ncn2)cc1. The minimum atomic E-state index is -0.0941. The van der Waals surface area contributed by atoms with Gasteiger partial charge >= 0.3 is 0 Å². The summed E-state index contributed by atoms with van der Waals surface area (Å²) in [5, 5.41) is 10.4. The summed E-state index contributed by atoms with van der Waals surface area (Å²) in [6, 6.07) is 9.34. The van der Waals surface area contributed by atoms with Crippen molar-refractivity contribution in [1.29, 1.82) is 0 Å². The fraction of sp³-hybridized carbons (Fsp3) is 0.222. The van der Waals surface area contributed by atoms with Crippen LogP contribution >= 0.6 is 0 Å². The third kappa shape index (κ3) is 3.65. The van der Waals surface area contributed by atoms with Crippen molar-refractivity contribution in [3.63, 3.8) is 0 Å². The van der Waals surface area contributed by atoms with Gasteiger partial charge in [0.2, 0.25) is 5.91 Å². The Hall–Kier alpha value is -3.22. The van der Waals surface area contributed by atoms with Crippen LogP contribution in [0.5, 0.6) is 0 Å². The molecule has 0 fully saturated rings. The summed E-state index contributed by atoms with van der Waals surface area (Å²) in [4.78, 5) is 19.7. The van der Waals surface area contributed by atoms with Gasteiger partial charge in [-0.25, -0.2) is 9.97 Å². The number of rotatable bonds is 4. The molecule has 3 aromatic rings. The summed E-state index contributed by atoms with van der Waals surface area (Å²) in [7, 11) is 1.92. The van der Waals surface area contributed by atoms with Gasteiger partial charge in [-0.15, -0.1) is 0 Å². The van der Waals surface area contributed by atoms with Crippen LogP contribution in [-0.2, 0) is 11.8 Å². The summed E-state index contributed by atoms with van der Waals surface area (Å²) in [6.07, 6.45) is 1.54. The predicted octanol–water partition coefficient (Wildman–Crippen LogP) is 3.20. The van der Waals surface area contributed by atoms with Crippen LogP contribution in [0.3, 0.4) is 0 Å². The summed E-state index contributed by atoms with van der Waals surface area (Å²) < 4.78 is 1.85. The van der Waals surface area contributed by atoms with Crippen LogP contribution in [0.1, 0.15) is 18.3 Å². The van der Waals surface area contributed by atoms with Crippen molar-refractivity contribution in [2.45, 2.75) is 20.8 Å². The van der Waals surface area contributed by atoms with Gasteiger partial charge in [-0.1, -0.05) is 0 Å². The molecule has 1 amide bonds. The lowest BCUT2D eigenvalue weighted by atomic mass is 10.1. The monoisotopic (exact) mass is 336 g/mol. The molecule has 25 heavy (non-hydrogen) atoms. The molecule has 0 aliphatic carbocycles. The molecule has 0 saturated carbocycles. The van der Waals surface area contributed by atoms with Gasteiger partial charge in [0.25, 0.3) is 0 Å². The standard InChI is InChI=1S/C18H20N6O/c1-11-18(12(2)24(4)23-11)16-9-17(20-10-19-16)22-15-7-5-14(6-8-15)21-13(3)25/h5-10H,1-4H3,(H,21,25)(H,19,20,22). The fourth-order valence-electron chi connectivity index (χ4n) is 2.69. The molecule has 0 unspecified atom stereocenters. The molecule has 2 N–H and O–H groups in total. The van der Waals surface area contributed by atoms with Gasteiger partial charge < -0.3 is 10.6 Å². The zero-order chi connectivity index (χ0) is 18.0. The van der Waals surface area contributed by atoms with Crippen LogP contribution in [0.2, 0.25) is 0 Å². The molecular formula is C18H20N6O. The van der Waals surface area contributed by atoms with Gasteiger partial charge in [-0.05, 0) is 38.1 Å². The lowest BCUT2D eigenvalue weighted by Crippen LogP contribution is -2.05. The molecule has 2 aromatic heterocycles. The first-order valence-corrected chi connectivity index (χ1v) is 7.91. The van der Waals surface area contributed by atoms with Crippen LogP contribution in [0.15, 0.2) is 36.7 Å². The molecule has 0 aliphatic rings. The maximum Gasteiger partial charge on any atom is 0.221 e. The molecule has 0 radical (unpaired) electrons. The number of carbonyl (C=O) groups excluding carboxylic acids is 1. The van der Waals surface area contributed by atoms with E-state index in [0.717, 1.165) is 34.0 Å². The normalized spacial score (nSPS) is 10.6. The Morgan fingerprint density at radius 1 is 1.08 bits per heavy atom. The molecule has 0 atom stereocenters. The topological polar surface area (TPSA) is 84.7 Å². The second-order valence-electron chi connectivity index (χ2n) is 5.84. The quantitative estimate of drug-likeness (QED) is 0.764. The number of hydrogen-bond donors (Lipinski definition) is 2. The highest BCUT2D eigenvalue weighted by molar-refractivity contribution is 5.88. The third-order valence-corrected chi connectivity index (χ3v) is 3.91. The first-order valence-electron chi connectivity index (χ1n) is 7.91. The van der Waals surface area contributed by atoms with E-state index in [2.05, 4.69) is 25.7 Å². The summed E-state index contributed by atoms with van der Waals surface area (Å²) >= 11 is 0. The number of nitrogens with one attached hydrogen (secondary N) is 2. The molecule has 7 heteroatoms. The Morgan fingerprint density at radius 2 is 1.76 bits per heavy atom. The maximum atomic E-state index is 11.1. The average molecular weight is 336 g/mol. The van der Waals surface area contributed by atoms with Gasteiger partial charge in [0, 0.05) is 42.7 Å². The van der Waals surface area contributed by atoms with Gasteiger partial charge in [0.15, 0.2) is 0 Å². The Labute approximate surface area is 146 Å². The van der Waals surface area contributed by atoms with Crippen molar-refractivity contribution in [3.8, 4) is 11.3 Å². The van der Waals surface area contributed by atoms with Crippen LogP contribution in [0.25, 0.3) is 11.3 Å². The van der Waals surface area contributed by atoms with Crippen molar-refractivity contribution in [2.24, 2.45) is 7.05 Å². The zero-order valence-electron chi connectivity index (χ0n) is 14.7. The highest BCUT2D eigenvalue weighted by Gasteiger charge is 2.13. The molecular weight excluding hydrogens is 316 g/mol. The second-order valence-corrected chi connectivity index (χ2v) is 5.84. The molecule has 128 valence electrons. The molecule has 0 aliphatic heterocycles. The molecule has 3 rings (SSSR count). The molecule has 1 aromatic carbocycles. The van der Waals surface area contributed by atoms with Crippen molar-refractivity contribution < 1.29 is 4.79 Å². The van der Waals surface area contributed by atoms with E-state index >= 15 is 0 Å². The number of carbonyl (C=O) groups is 1. The number of hydrogen-bond acceptors (Lipinski definition) is 5. The Balaban J connectivity index is 1.83. The van der Waals surface area contributed by atoms with Gasteiger partial charge in [0.1, 0.15) is 12.1 Å². The Kier molecular flexibility index (Phi) is 4.47. The van der Waals surface area contributed by atoms with Crippen LogP contribution < -0.4 is 10.6 Å². The Bertz CT molecular complexity index is 914. The maximum absolute atomic E-state index is 11.1. The van der Waals surface area contributed by atoms with E-state index in [1.165, 1.54) is 13.3 Å². The molecule has 0 spiro atoms. The van der Waals surface area contributed by atoms with E-state index in [-0.39, 0.29) is 5.91 Å².